The number of hydrogen-bond acceptors (Lipinski definition) is 5. The Hall–Kier alpha value is -3.68. The van der Waals surface area contributed by atoms with Crippen molar-refractivity contribution in [2.45, 2.75) is 38.8 Å². The van der Waals surface area contributed by atoms with Crippen molar-refractivity contribution < 1.29 is 23.9 Å². The number of carbonyl (C=O) groups is 4. The number of benzene rings is 2. The van der Waals surface area contributed by atoms with Crippen LogP contribution in [0.15, 0.2) is 48.5 Å². The lowest BCUT2D eigenvalue weighted by Crippen LogP contribution is -2.47. The first-order valence-electron chi connectivity index (χ1n) is 9.95. The maximum atomic E-state index is 13.3. The molecular formula is C23H25N3O5. The summed E-state index contributed by atoms with van der Waals surface area (Å²) in [5.41, 5.74) is 0.350. The summed E-state index contributed by atoms with van der Waals surface area (Å²) in [4.78, 5) is 51.2. The number of amides is 4. The van der Waals surface area contributed by atoms with Gasteiger partial charge < -0.3 is 15.4 Å². The van der Waals surface area contributed by atoms with Gasteiger partial charge in [0, 0.05) is 11.3 Å². The highest BCUT2D eigenvalue weighted by Crippen LogP contribution is 2.34. The molecule has 8 heteroatoms. The molecule has 0 unspecified atom stereocenters. The van der Waals surface area contributed by atoms with E-state index in [1.807, 2.05) is 0 Å². The highest BCUT2D eigenvalue weighted by Gasteiger charge is 2.53. The van der Waals surface area contributed by atoms with E-state index >= 15 is 0 Å². The summed E-state index contributed by atoms with van der Waals surface area (Å²) in [5, 5.41) is 5.45. The normalized spacial score (nSPS) is 19.0. The summed E-state index contributed by atoms with van der Waals surface area (Å²) in [6.07, 6.45) is 0.321. The standard InChI is InChI=1S/C23H25N3O5/c1-5-23(17-8-12-19(31-4)13-9-17)21(29)26(22(30)25-23)14(2)20(28)24-18-10-6-16(7-11-18)15(3)27/h6-14H,5H2,1-4H3,(H,24,28)(H,25,30)/t14-,23+/m0/s1. The number of ketones is 1. The summed E-state index contributed by atoms with van der Waals surface area (Å²) in [6, 6.07) is 11.6. The largest absolute Gasteiger partial charge is 0.497 e. The Balaban J connectivity index is 1.81. The third-order valence-corrected chi connectivity index (χ3v) is 5.56. The van der Waals surface area contributed by atoms with Crippen molar-refractivity contribution in [3.63, 3.8) is 0 Å². The summed E-state index contributed by atoms with van der Waals surface area (Å²) >= 11 is 0. The van der Waals surface area contributed by atoms with Crippen molar-refractivity contribution in [2.24, 2.45) is 0 Å². The predicted molar refractivity (Wildman–Crippen MR) is 115 cm³/mol. The van der Waals surface area contributed by atoms with Crippen LogP contribution in [0.2, 0.25) is 0 Å². The molecule has 1 fully saturated rings. The smallest absolute Gasteiger partial charge is 0.326 e. The number of nitrogens with one attached hydrogen (secondary N) is 2. The lowest BCUT2D eigenvalue weighted by Gasteiger charge is -2.27. The van der Waals surface area contributed by atoms with Crippen LogP contribution in [-0.2, 0) is 15.1 Å². The summed E-state index contributed by atoms with van der Waals surface area (Å²) < 4.78 is 5.16. The second-order valence-electron chi connectivity index (χ2n) is 7.39. The van der Waals surface area contributed by atoms with Crippen molar-refractivity contribution in [1.29, 1.82) is 0 Å². The fourth-order valence-electron chi connectivity index (χ4n) is 3.61. The van der Waals surface area contributed by atoms with Crippen LogP contribution in [0.3, 0.4) is 0 Å². The molecule has 1 heterocycles. The number of carbonyl (C=O) groups excluding carboxylic acids is 4. The van der Waals surface area contributed by atoms with Gasteiger partial charge in [0.1, 0.15) is 17.3 Å². The van der Waals surface area contributed by atoms with E-state index in [2.05, 4.69) is 10.6 Å². The average Bonchev–Trinajstić information content (AvgIpc) is 3.04. The SMILES string of the molecule is CC[C@]1(c2ccc(OC)cc2)NC(=O)N([C@@H](C)C(=O)Nc2ccc(C(C)=O)cc2)C1=O. The highest BCUT2D eigenvalue weighted by atomic mass is 16.5. The van der Waals surface area contributed by atoms with E-state index < -0.39 is 29.4 Å². The lowest BCUT2D eigenvalue weighted by atomic mass is 9.87. The number of methoxy groups -OCH3 is 1. The van der Waals surface area contributed by atoms with Gasteiger partial charge in [-0.15, -0.1) is 0 Å². The molecule has 0 spiro atoms. The summed E-state index contributed by atoms with van der Waals surface area (Å²) in [6.45, 7) is 4.75. The van der Waals surface area contributed by atoms with Crippen LogP contribution < -0.4 is 15.4 Å². The maximum Gasteiger partial charge on any atom is 0.326 e. The Morgan fingerprint density at radius 3 is 2.23 bits per heavy atom. The lowest BCUT2D eigenvalue weighted by molar-refractivity contribution is -0.136. The molecule has 0 radical (unpaired) electrons. The monoisotopic (exact) mass is 423 g/mol. The van der Waals surface area contributed by atoms with Gasteiger partial charge in [0.25, 0.3) is 5.91 Å². The van der Waals surface area contributed by atoms with Crippen molar-refractivity contribution in [3.05, 3.63) is 59.7 Å². The van der Waals surface area contributed by atoms with Crippen molar-refractivity contribution in [1.82, 2.24) is 10.2 Å². The molecule has 1 aliphatic rings. The summed E-state index contributed by atoms with van der Waals surface area (Å²) in [5.74, 6) is -0.451. The molecule has 1 aliphatic heterocycles. The van der Waals surface area contributed by atoms with E-state index in [1.54, 1.807) is 62.6 Å². The topological polar surface area (TPSA) is 105 Å². The first kappa shape index (κ1) is 22.0. The molecular weight excluding hydrogens is 398 g/mol. The Labute approximate surface area is 180 Å². The molecule has 31 heavy (non-hydrogen) atoms. The van der Waals surface area contributed by atoms with Crippen LogP contribution in [0.4, 0.5) is 10.5 Å². The Kier molecular flexibility index (Phi) is 6.10. The van der Waals surface area contributed by atoms with Gasteiger partial charge in [0.15, 0.2) is 5.78 Å². The fraction of sp³-hybridized carbons (Fsp3) is 0.304. The number of rotatable bonds is 7. The molecule has 2 atom stereocenters. The third kappa shape index (κ3) is 4.01. The van der Waals surface area contributed by atoms with Gasteiger partial charge in [-0.2, -0.15) is 0 Å². The zero-order valence-electron chi connectivity index (χ0n) is 17.9. The first-order valence-corrected chi connectivity index (χ1v) is 9.95. The predicted octanol–water partition coefficient (Wildman–Crippen LogP) is 3.08. The zero-order chi connectivity index (χ0) is 22.8. The molecule has 4 amide bonds. The van der Waals surface area contributed by atoms with Gasteiger partial charge in [0.2, 0.25) is 5.91 Å². The molecule has 2 N–H and O–H groups in total. The van der Waals surface area contributed by atoms with E-state index in [4.69, 9.17) is 4.74 Å². The minimum Gasteiger partial charge on any atom is -0.497 e. The molecule has 0 saturated carbocycles. The number of hydrogen-bond donors (Lipinski definition) is 2. The molecule has 2 aromatic carbocycles. The molecule has 2 aromatic rings. The number of anilines is 1. The van der Waals surface area contributed by atoms with Crippen LogP contribution in [-0.4, -0.2) is 41.7 Å². The molecule has 0 aliphatic carbocycles. The van der Waals surface area contributed by atoms with Gasteiger partial charge >= 0.3 is 6.03 Å². The number of Topliss-reactive ketones (excluding diaryl/α,β-unsaturated/α-hetero) is 1. The van der Waals surface area contributed by atoms with Crippen LogP contribution in [0.1, 0.15) is 43.1 Å². The molecule has 1 saturated heterocycles. The second kappa shape index (κ2) is 8.59. The molecule has 162 valence electrons. The maximum absolute atomic E-state index is 13.3. The van der Waals surface area contributed by atoms with Crippen LogP contribution >= 0.6 is 0 Å². The Bertz CT molecular complexity index is 1020. The van der Waals surface area contributed by atoms with E-state index in [9.17, 15) is 19.2 Å². The van der Waals surface area contributed by atoms with Gasteiger partial charge in [-0.25, -0.2) is 9.69 Å². The molecule has 3 rings (SSSR count). The third-order valence-electron chi connectivity index (χ3n) is 5.56. The second-order valence-corrected chi connectivity index (χ2v) is 7.39. The first-order chi connectivity index (χ1) is 14.7. The van der Waals surface area contributed by atoms with Crippen molar-refractivity contribution in [2.75, 3.05) is 12.4 Å². The van der Waals surface area contributed by atoms with Gasteiger partial charge in [0.05, 0.1) is 7.11 Å². The van der Waals surface area contributed by atoms with Crippen LogP contribution in [0.5, 0.6) is 5.75 Å². The van der Waals surface area contributed by atoms with E-state index in [1.165, 1.54) is 13.8 Å². The molecule has 0 bridgehead atoms. The Morgan fingerprint density at radius 2 is 1.71 bits per heavy atom. The molecule has 0 aromatic heterocycles. The van der Waals surface area contributed by atoms with E-state index in [-0.39, 0.29) is 5.78 Å². The van der Waals surface area contributed by atoms with Gasteiger partial charge in [-0.1, -0.05) is 19.1 Å². The van der Waals surface area contributed by atoms with Gasteiger partial charge in [-0.05, 0) is 62.2 Å². The highest BCUT2D eigenvalue weighted by molar-refractivity contribution is 6.11. The number of imide groups is 1. The molecule has 8 nitrogen and oxygen atoms in total. The van der Waals surface area contributed by atoms with Crippen molar-refractivity contribution in [3.8, 4) is 5.75 Å². The Morgan fingerprint density at radius 1 is 1.10 bits per heavy atom. The van der Waals surface area contributed by atoms with Crippen LogP contribution in [0.25, 0.3) is 0 Å². The minimum absolute atomic E-state index is 0.0833. The van der Waals surface area contributed by atoms with E-state index in [0.29, 0.717) is 29.0 Å². The van der Waals surface area contributed by atoms with Gasteiger partial charge in [-0.3, -0.25) is 14.4 Å². The number of nitrogens with zero attached hydrogens (tertiary/aromatic N) is 1. The number of ether oxygens (including phenoxy) is 1. The zero-order valence-corrected chi connectivity index (χ0v) is 17.9. The van der Waals surface area contributed by atoms with Crippen LogP contribution in [0, 0.1) is 0 Å². The van der Waals surface area contributed by atoms with E-state index in [0.717, 1.165) is 4.90 Å². The average molecular weight is 423 g/mol. The fourth-order valence-corrected chi connectivity index (χ4v) is 3.61. The number of urea groups is 1. The summed E-state index contributed by atoms with van der Waals surface area (Å²) in [7, 11) is 1.54. The quantitative estimate of drug-likeness (QED) is 0.526. The van der Waals surface area contributed by atoms with Crippen molar-refractivity contribution >= 4 is 29.3 Å². The minimum atomic E-state index is -1.25.